The van der Waals surface area contributed by atoms with Crippen LogP contribution in [-0.2, 0) is 27.8 Å². The molecule has 63 heavy (non-hydrogen) atoms. The summed E-state index contributed by atoms with van der Waals surface area (Å²) in [5.41, 5.74) is 3.78. The van der Waals surface area contributed by atoms with Gasteiger partial charge in [-0.15, -0.1) is 0 Å². The highest BCUT2D eigenvalue weighted by atomic mass is 19.3. The molecule has 0 radical (unpaired) electrons. The third-order valence-electron chi connectivity index (χ3n) is 15.4. The number of imide groups is 1. The Morgan fingerprint density at radius 2 is 1.86 bits per heavy atom. The molecule has 8 heterocycles. The maximum atomic E-state index is 14.3. The maximum Gasteiger partial charge on any atom is 0.284 e. The number of alkyl halides is 2. The van der Waals surface area contributed by atoms with Gasteiger partial charge in [0.05, 0.1) is 53.8 Å². The monoisotopic (exact) mass is 863 g/mol. The van der Waals surface area contributed by atoms with E-state index in [2.05, 4.69) is 48.8 Å². The molecular formula is C46H55F2N11O4. The molecule has 4 aliphatic heterocycles. The van der Waals surface area contributed by atoms with Gasteiger partial charge < -0.3 is 19.9 Å². The average Bonchev–Trinajstić information content (AvgIpc) is 4.12. The molecule has 2 N–H and O–H groups in total. The summed E-state index contributed by atoms with van der Waals surface area (Å²) in [6, 6.07) is 8.45. The van der Waals surface area contributed by atoms with Crippen LogP contribution in [0.3, 0.4) is 0 Å². The van der Waals surface area contributed by atoms with Gasteiger partial charge >= 0.3 is 0 Å². The predicted molar refractivity (Wildman–Crippen MR) is 230 cm³/mol. The molecule has 5 aromatic rings. The fraction of sp³-hybridized carbons (Fsp3) is 0.587. The number of carbonyl (C=O) groups is 3. The van der Waals surface area contributed by atoms with Gasteiger partial charge in [0.1, 0.15) is 11.4 Å². The summed E-state index contributed by atoms with van der Waals surface area (Å²) in [6.07, 6.45) is 14.8. The van der Waals surface area contributed by atoms with Crippen molar-refractivity contribution in [1.29, 1.82) is 0 Å². The number of aryl methyl sites for hydroxylation is 2. The molecule has 4 aromatic heterocycles. The first kappa shape index (κ1) is 40.5. The molecule has 11 rings (SSSR count). The van der Waals surface area contributed by atoms with Gasteiger partial charge in [-0.25, -0.2) is 18.3 Å². The van der Waals surface area contributed by atoms with Crippen LogP contribution in [0, 0.1) is 17.3 Å². The average molecular weight is 864 g/mol. The zero-order valence-electron chi connectivity index (χ0n) is 35.7. The number of nitrogens with zero attached hydrogens (tertiary/aromatic N) is 9. The number of aromatic nitrogens is 7. The van der Waals surface area contributed by atoms with Crippen molar-refractivity contribution >= 4 is 45.8 Å². The molecule has 6 fully saturated rings. The van der Waals surface area contributed by atoms with Gasteiger partial charge in [-0.1, -0.05) is 18.2 Å². The maximum absolute atomic E-state index is 14.3. The van der Waals surface area contributed by atoms with Crippen molar-refractivity contribution in [1.82, 2.24) is 44.4 Å². The highest BCUT2D eigenvalue weighted by molar-refractivity contribution is 6.08. The van der Waals surface area contributed by atoms with Gasteiger partial charge in [-0.05, 0) is 119 Å². The number of amides is 3. The summed E-state index contributed by atoms with van der Waals surface area (Å²) in [6.45, 7) is 4.73. The lowest BCUT2D eigenvalue weighted by Crippen LogP contribution is -2.48. The van der Waals surface area contributed by atoms with E-state index in [1.54, 1.807) is 17.1 Å². The Kier molecular flexibility index (Phi) is 10.3. The smallest absolute Gasteiger partial charge is 0.284 e. The Morgan fingerprint density at radius 1 is 1.03 bits per heavy atom. The zero-order chi connectivity index (χ0) is 43.0. The number of para-hydroxylation sites is 1. The van der Waals surface area contributed by atoms with E-state index < -0.39 is 23.9 Å². The number of piperidine rings is 2. The number of ether oxygens (including phenoxy) is 1. The summed E-state index contributed by atoms with van der Waals surface area (Å²) in [7, 11) is 1.95. The van der Waals surface area contributed by atoms with Crippen molar-refractivity contribution < 1.29 is 27.9 Å². The Hall–Kier alpha value is -5.29. The summed E-state index contributed by atoms with van der Waals surface area (Å²) in [4.78, 5) is 47.6. The fourth-order valence-electron chi connectivity index (χ4n) is 12.1. The molecule has 3 amide bonds. The van der Waals surface area contributed by atoms with E-state index in [-0.39, 0.29) is 41.3 Å². The van der Waals surface area contributed by atoms with Gasteiger partial charge in [0.2, 0.25) is 11.8 Å². The van der Waals surface area contributed by atoms with Crippen LogP contribution in [0.5, 0.6) is 0 Å². The highest BCUT2D eigenvalue weighted by Gasteiger charge is 2.46. The minimum Gasteiger partial charge on any atom is -0.374 e. The normalized spacial score (nSPS) is 26.3. The number of nitrogens with one attached hydrogen (secondary N) is 2. The number of morpholine rings is 1. The molecular weight excluding hydrogens is 809 g/mol. The van der Waals surface area contributed by atoms with Gasteiger partial charge in [-0.3, -0.25) is 29.1 Å². The Labute approximate surface area is 363 Å². The summed E-state index contributed by atoms with van der Waals surface area (Å²) in [5.74, 6) is 0.623. The van der Waals surface area contributed by atoms with E-state index in [1.165, 1.54) is 42.0 Å². The van der Waals surface area contributed by atoms with Crippen molar-refractivity contribution in [2.75, 3.05) is 43.0 Å². The Morgan fingerprint density at radius 3 is 2.60 bits per heavy atom. The number of hydrogen-bond donors (Lipinski definition) is 2. The van der Waals surface area contributed by atoms with Gasteiger partial charge in [0.25, 0.3) is 12.3 Å². The van der Waals surface area contributed by atoms with Crippen molar-refractivity contribution in [3.05, 3.63) is 65.4 Å². The van der Waals surface area contributed by atoms with Gasteiger partial charge in [-0.2, -0.15) is 15.3 Å². The van der Waals surface area contributed by atoms with Gasteiger partial charge in [0.15, 0.2) is 11.3 Å². The minimum atomic E-state index is -2.84. The van der Waals surface area contributed by atoms with Crippen molar-refractivity contribution in [3.63, 3.8) is 0 Å². The predicted octanol–water partition coefficient (Wildman–Crippen LogP) is 6.36. The molecule has 3 atom stereocenters. The lowest BCUT2D eigenvalue weighted by molar-refractivity contribution is -0.134. The summed E-state index contributed by atoms with van der Waals surface area (Å²) in [5, 5.41) is 19.6. The molecule has 15 nitrogen and oxygen atoms in total. The number of hydrogen-bond acceptors (Lipinski definition) is 10. The first-order chi connectivity index (χ1) is 30.6. The zero-order valence-corrected chi connectivity index (χ0v) is 35.7. The molecule has 1 unspecified atom stereocenters. The minimum absolute atomic E-state index is 0.000769. The number of likely N-dealkylation sites (tertiary alicyclic amines) is 1. The van der Waals surface area contributed by atoms with E-state index in [4.69, 9.17) is 14.8 Å². The van der Waals surface area contributed by atoms with E-state index in [9.17, 15) is 23.2 Å². The Bertz CT molecular complexity index is 2560. The van der Waals surface area contributed by atoms with Crippen molar-refractivity contribution in [2.45, 2.75) is 114 Å². The molecule has 1 aromatic carbocycles. The second-order valence-corrected chi connectivity index (χ2v) is 19.4. The lowest BCUT2D eigenvalue weighted by atomic mass is 9.56. The largest absolute Gasteiger partial charge is 0.374 e. The molecule has 2 bridgehead atoms. The lowest BCUT2D eigenvalue weighted by Gasteiger charge is -2.53. The molecule has 332 valence electrons. The molecule has 2 saturated carbocycles. The molecule has 2 aliphatic carbocycles. The third-order valence-corrected chi connectivity index (χ3v) is 15.4. The number of carbonyl (C=O) groups excluding carboxylic acids is 3. The summed E-state index contributed by atoms with van der Waals surface area (Å²) >= 11 is 0. The number of halogens is 2. The standard InChI is InChI=1S/C46H55F2N11O4/c1-55-41-29(3-2-4-33(41)39(53-55)34-11-12-38(60)52-44(34)61)8-5-28-20-46(21-28)14-17-56(18-15-46)23-27-6-9-30(10-7-27)59-25-36(40(54-59)42(47)48)50-45(62)35-22-49-58-16-13-37(51-43(35)58)57-24-32-19-31(57)26-63-32/h2-4,13,16,22,25,27-28,30-32,34,42H,5-12,14-15,17-21,23-24,26H2,1H3,(H,50,62)(H,52,60,61)/t27?,30?,31-,32-,34?/m1/s1. The number of anilines is 2. The molecule has 4 saturated heterocycles. The number of rotatable bonds is 11. The van der Waals surface area contributed by atoms with Crippen LogP contribution in [0.2, 0.25) is 0 Å². The first-order valence-corrected chi connectivity index (χ1v) is 23.0. The van der Waals surface area contributed by atoms with Crippen LogP contribution in [0.1, 0.15) is 123 Å². The second kappa shape index (κ2) is 16.1. The van der Waals surface area contributed by atoms with E-state index in [0.29, 0.717) is 42.3 Å². The molecule has 17 heteroatoms. The van der Waals surface area contributed by atoms with Crippen LogP contribution in [0.25, 0.3) is 16.6 Å². The van der Waals surface area contributed by atoms with Crippen LogP contribution in [0.4, 0.5) is 20.3 Å². The second-order valence-electron chi connectivity index (χ2n) is 19.4. The third kappa shape index (κ3) is 7.57. The number of fused-ring (bicyclic) bond motifs is 4. The number of benzene rings is 1. The SMILES string of the molecule is Cn1nc(C2CCC(=O)NC2=O)c2cccc(CCC3CC4(CCN(CC5CCC(n6cc(NC(=O)c7cnn8ccc(N9C[C@H]%10C[C@@H]9CO%10)nc78)c(C(F)F)n6)CC5)CC4)C3)c21. The Balaban J connectivity index is 0.650. The van der Waals surface area contributed by atoms with E-state index in [1.807, 2.05) is 17.8 Å². The van der Waals surface area contributed by atoms with Crippen LogP contribution in [-0.4, -0.2) is 102 Å². The van der Waals surface area contributed by atoms with Crippen LogP contribution < -0.4 is 15.5 Å². The first-order valence-electron chi connectivity index (χ1n) is 23.0. The highest BCUT2D eigenvalue weighted by Crippen LogP contribution is 2.54. The topological polar surface area (TPSA) is 157 Å². The van der Waals surface area contributed by atoms with Crippen LogP contribution >= 0.6 is 0 Å². The quantitative estimate of drug-likeness (QED) is 0.143. The van der Waals surface area contributed by atoms with Crippen molar-refractivity contribution in [3.8, 4) is 0 Å². The van der Waals surface area contributed by atoms with E-state index >= 15 is 0 Å². The molecule has 1 spiro atoms. The van der Waals surface area contributed by atoms with Crippen LogP contribution in [0.15, 0.2) is 42.9 Å². The molecule has 6 aliphatic rings. The van der Waals surface area contributed by atoms with Gasteiger partial charge in [0, 0.05) is 44.3 Å². The van der Waals surface area contributed by atoms with Crippen molar-refractivity contribution in [2.24, 2.45) is 24.3 Å². The van der Waals surface area contributed by atoms with E-state index in [0.717, 1.165) is 93.5 Å². The summed E-state index contributed by atoms with van der Waals surface area (Å²) < 4.78 is 39.5. The fourth-order valence-corrected chi connectivity index (χ4v) is 12.1.